The molecule has 1 amide bonds. The third-order valence-electron chi connectivity index (χ3n) is 3.25. The second kappa shape index (κ2) is 6.80. The normalized spacial score (nSPS) is 11.1. The molecule has 0 radical (unpaired) electrons. The quantitative estimate of drug-likeness (QED) is 0.852. The Labute approximate surface area is 135 Å². The molecule has 7 heteroatoms. The van der Waals surface area contributed by atoms with Gasteiger partial charge in [0, 0.05) is 18.3 Å². The van der Waals surface area contributed by atoms with Crippen LogP contribution < -0.4 is 4.72 Å². The first-order valence-electron chi connectivity index (χ1n) is 6.85. The first-order valence-corrected chi connectivity index (χ1v) is 8.33. The Morgan fingerprint density at radius 2 is 1.78 bits per heavy atom. The van der Waals surface area contributed by atoms with Crippen LogP contribution in [0.1, 0.15) is 15.9 Å². The second-order valence-corrected chi connectivity index (χ2v) is 6.67. The average Bonchev–Trinajstić information content (AvgIpc) is 2.55. The lowest BCUT2D eigenvalue weighted by atomic mass is 10.2. The molecule has 1 N–H and O–H groups in total. The van der Waals surface area contributed by atoms with Gasteiger partial charge in [0.15, 0.2) is 0 Å². The van der Waals surface area contributed by atoms with Crippen LogP contribution in [-0.4, -0.2) is 33.5 Å². The Morgan fingerprint density at radius 3 is 2.39 bits per heavy atom. The molecule has 6 nitrogen and oxygen atoms in total. The van der Waals surface area contributed by atoms with Gasteiger partial charge in [-0.3, -0.25) is 14.4 Å². The number of carbonyl (C=O) groups is 1. The Kier molecular flexibility index (Phi) is 5.02. The molecular formula is C16H18N2O4S. The number of amides is 1. The second-order valence-electron chi connectivity index (χ2n) is 4.98. The molecule has 0 aliphatic rings. The number of aryl methyl sites for hydroxylation is 1. The summed E-state index contributed by atoms with van der Waals surface area (Å²) in [7, 11) is -0.965. The summed E-state index contributed by atoms with van der Waals surface area (Å²) in [4.78, 5) is 16.9. The van der Waals surface area contributed by atoms with E-state index in [-0.39, 0.29) is 10.5 Å². The molecule has 122 valence electrons. The Hall–Kier alpha value is -2.38. The van der Waals surface area contributed by atoms with E-state index in [0.717, 1.165) is 10.6 Å². The fraction of sp³-hybridized carbons (Fsp3) is 0.188. The van der Waals surface area contributed by atoms with Crippen molar-refractivity contribution in [2.45, 2.75) is 11.8 Å². The number of carbonyl (C=O) groups excluding carboxylic acids is 1. The smallest absolute Gasteiger partial charge is 0.277 e. The van der Waals surface area contributed by atoms with Crippen LogP contribution in [0.2, 0.25) is 0 Å². The number of rotatable bonds is 5. The van der Waals surface area contributed by atoms with E-state index in [0.29, 0.717) is 5.69 Å². The van der Waals surface area contributed by atoms with Crippen LogP contribution in [0.3, 0.4) is 0 Å². The molecule has 2 aromatic carbocycles. The minimum absolute atomic E-state index is 0.00780. The molecule has 0 saturated heterocycles. The maximum Gasteiger partial charge on any atom is 0.277 e. The van der Waals surface area contributed by atoms with Crippen molar-refractivity contribution in [1.29, 1.82) is 0 Å². The van der Waals surface area contributed by atoms with Gasteiger partial charge in [-0.25, -0.2) is 13.5 Å². The van der Waals surface area contributed by atoms with Gasteiger partial charge in [-0.2, -0.15) is 0 Å². The fourth-order valence-corrected chi connectivity index (χ4v) is 3.00. The van der Waals surface area contributed by atoms with Crippen molar-refractivity contribution < 1.29 is 18.0 Å². The van der Waals surface area contributed by atoms with Crippen molar-refractivity contribution in [2.75, 3.05) is 18.9 Å². The molecule has 0 fully saturated rings. The van der Waals surface area contributed by atoms with E-state index in [4.69, 9.17) is 4.84 Å². The number of hydroxylamine groups is 2. The van der Waals surface area contributed by atoms with Crippen LogP contribution in [0.4, 0.5) is 5.69 Å². The first kappa shape index (κ1) is 17.0. The van der Waals surface area contributed by atoms with Crippen LogP contribution >= 0.6 is 0 Å². The maximum absolute atomic E-state index is 12.4. The Balaban J connectivity index is 2.29. The summed E-state index contributed by atoms with van der Waals surface area (Å²) in [6.45, 7) is 1.92. The molecule has 0 atom stereocenters. The van der Waals surface area contributed by atoms with Gasteiger partial charge in [-0.15, -0.1) is 0 Å². The highest BCUT2D eigenvalue weighted by molar-refractivity contribution is 7.92. The maximum atomic E-state index is 12.4. The van der Waals surface area contributed by atoms with E-state index >= 15 is 0 Å². The predicted molar refractivity (Wildman–Crippen MR) is 87.5 cm³/mol. The van der Waals surface area contributed by atoms with Crippen molar-refractivity contribution in [3.05, 3.63) is 59.7 Å². The summed E-state index contributed by atoms with van der Waals surface area (Å²) in [5.41, 5.74) is 1.71. The molecule has 0 saturated carbocycles. The molecule has 0 aromatic heterocycles. The summed E-state index contributed by atoms with van der Waals surface area (Å²) in [6.07, 6.45) is 0. The van der Waals surface area contributed by atoms with Crippen molar-refractivity contribution in [1.82, 2.24) is 5.06 Å². The van der Waals surface area contributed by atoms with Crippen molar-refractivity contribution in [2.24, 2.45) is 0 Å². The van der Waals surface area contributed by atoms with E-state index in [1.54, 1.807) is 12.1 Å². The SMILES string of the molecule is CON(C)C(=O)c1cccc(S(=O)(=O)Nc2ccc(C)cc2)c1. The lowest BCUT2D eigenvalue weighted by molar-refractivity contribution is -0.0757. The molecule has 0 unspecified atom stereocenters. The highest BCUT2D eigenvalue weighted by atomic mass is 32.2. The average molecular weight is 334 g/mol. The fourth-order valence-electron chi connectivity index (χ4n) is 1.90. The third kappa shape index (κ3) is 4.08. The van der Waals surface area contributed by atoms with Crippen molar-refractivity contribution in [3.8, 4) is 0 Å². The standard InChI is InChI=1S/C16H18N2O4S/c1-12-7-9-14(10-8-12)17-23(20,21)15-6-4-5-13(11-15)16(19)18(2)22-3/h4-11,17H,1-3H3. The van der Waals surface area contributed by atoms with Crippen LogP contribution in [0.25, 0.3) is 0 Å². The molecule has 2 aromatic rings. The number of nitrogens with zero attached hydrogens (tertiary/aromatic N) is 1. The molecule has 0 heterocycles. The third-order valence-corrected chi connectivity index (χ3v) is 4.63. The number of benzene rings is 2. The van der Waals surface area contributed by atoms with E-state index in [2.05, 4.69) is 4.72 Å². The lowest BCUT2D eigenvalue weighted by Crippen LogP contribution is -2.25. The predicted octanol–water partition coefficient (Wildman–Crippen LogP) is 2.43. The zero-order valence-corrected chi connectivity index (χ0v) is 13.9. The zero-order valence-electron chi connectivity index (χ0n) is 13.1. The summed E-state index contributed by atoms with van der Waals surface area (Å²) in [5.74, 6) is -0.431. The van der Waals surface area contributed by atoms with E-state index in [9.17, 15) is 13.2 Å². The zero-order chi connectivity index (χ0) is 17.0. The van der Waals surface area contributed by atoms with Gasteiger partial charge >= 0.3 is 0 Å². The van der Waals surface area contributed by atoms with Gasteiger partial charge in [0.05, 0.1) is 12.0 Å². The molecule has 23 heavy (non-hydrogen) atoms. The number of hydrogen-bond acceptors (Lipinski definition) is 4. The summed E-state index contributed by atoms with van der Waals surface area (Å²) in [6, 6.07) is 12.8. The van der Waals surface area contributed by atoms with Gasteiger partial charge in [0.25, 0.3) is 15.9 Å². The van der Waals surface area contributed by atoms with E-state index in [1.807, 2.05) is 19.1 Å². The van der Waals surface area contributed by atoms with Crippen molar-refractivity contribution in [3.63, 3.8) is 0 Å². The highest BCUT2D eigenvalue weighted by Gasteiger charge is 2.18. The van der Waals surface area contributed by atoms with Gasteiger partial charge in [-0.1, -0.05) is 23.8 Å². The van der Waals surface area contributed by atoms with E-state index < -0.39 is 15.9 Å². The summed E-state index contributed by atoms with van der Waals surface area (Å²) >= 11 is 0. The monoisotopic (exact) mass is 334 g/mol. The van der Waals surface area contributed by atoms with Gasteiger partial charge < -0.3 is 0 Å². The number of hydrogen-bond donors (Lipinski definition) is 1. The molecule has 0 aliphatic carbocycles. The van der Waals surface area contributed by atoms with Crippen LogP contribution in [-0.2, 0) is 14.9 Å². The largest absolute Gasteiger partial charge is 0.280 e. The molecule has 0 aliphatic heterocycles. The number of anilines is 1. The van der Waals surface area contributed by atoms with Crippen LogP contribution in [0.15, 0.2) is 53.4 Å². The molecule has 0 spiro atoms. The van der Waals surface area contributed by atoms with Gasteiger partial charge in [0.2, 0.25) is 0 Å². The highest BCUT2D eigenvalue weighted by Crippen LogP contribution is 2.18. The first-order chi connectivity index (χ1) is 10.8. The van der Waals surface area contributed by atoms with Gasteiger partial charge in [0.1, 0.15) is 0 Å². The molecule has 0 bridgehead atoms. The minimum Gasteiger partial charge on any atom is -0.280 e. The van der Waals surface area contributed by atoms with Crippen LogP contribution in [0, 0.1) is 6.92 Å². The Morgan fingerprint density at radius 1 is 1.13 bits per heavy atom. The van der Waals surface area contributed by atoms with E-state index in [1.165, 1.54) is 38.4 Å². The van der Waals surface area contributed by atoms with Crippen LogP contribution in [0.5, 0.6) is 0 Å². The number of nitrogens with one attached hydrogen (secondary N) is 1. The van der Waals surface area contributed by atoms with Gasteiger partial charge in [-0.05, 0) is 37.3 Å². The topological polar surface area (TPSA) is 75.7 Å². The van der Waals surface area contributed by atoms with Crippen molar-refractivity contribution >= 4 is 21.6 Å². The lowest BCUT2D eigenvalue weighted by Gasteiger charge is -2.14. The number of sulfonamides is 1. The summed E-state index contributed by atoms with van der Waals surface area (Å²) < 4.78 is 27.4. The molecular weight excluding hydrogens is 316 g/mol. The summed E-state index contributed by atoms with van der Waals surface area (Å²) in [5, 5.41) is 1.03. The molecule has 2 rings (SSSR count). The Bertz CT molecular complexity index is 801. The minimum atomic E-state index is -3.78.